The number of aliphatic carboxylic acids is 1. The minimum Gasteiger partial charge on any atom is -0.481 e. The Bertz CT molecular complexity index is 731. The zero-order valence-electron chi connectivity index (χ0n) is 11.9. The van der Waals surface area contributed by atoms with Crippen LogP contribution in [-0.2, 0) is 20.9 Å². The molecule has 0 aromatic heterocycles. The Balaban J connectivity index is 1.66. The molecule has 120 valence electrons. The lowest BCUT2D eigenvalue weighted by Gasteiger charge is -2.22. The van der Waals surface area contributed by atoms with E-state index in [4.69, 9.17) is 16.3 Å². The first kappa shape index (κ1) is 14.7. The molecule has 4 atom stereocenters. The van der Waals surface area contributed by atoms with Crippen LogP contribution in [0.25, 0.3) is 0 Å². The van der Waals surface area contributed by atoms with Crippen LogP contribution in [0.15, 0.2) is 30.4 Å². The number of carbonyl (C=O) groups excluding carboxylic acids is 1. The van der Waals surface area contributed by atoms with Gasteiger partial charge in [-0.2, -0.15) is 0 Å². The Hall–Kier alpha value is -1.92. The Labute approximate surface area is 136 Å². The van der Waals surface area contributed by atoms with Gasteiger partial charge in [0.05, 0.1) is 25.1 Å². The second kappa shape index (κ2) is 4.79. The van der Waals surface area contributed by atoms with Gasteiger partial charge in [-0.1, -0.05) is 29.8 Å². The summed E-state index contributed by atoms with van der Waals surface area (Å²) < 4.78 is 19.7. The maximum absolute atomic E-state index is 13.9. The van der Waals surface area contributed by atoms with E-state index in [1.807, 2.05) is 0 Å². The van der Waals surface area contributed by atoms with E-state index < -0.39 is 35.3 Å². The largest absolute Gasteiger partial charge is 0.481 e. The number of carboxylic acid groups (broad SMARTS) is 1. The van der Waals surface area contributed by atoms with Crippen molar-refractivity contribution in [2.75, 3.05) is 6.54 Å². The van der Waals surface area contributed by atoms with Crippen molar-refractivity contribution < 1.29 is 23.8 Å². The first-order valence-electron chi connectivity index (χ1n) is 7.24. The minimum atomic E-state index is -1.05. The van der Waals surface area contributed by atoms with Gasteiger partial charge in [0, 0.05) is 10.6 Å². The number of hydrogen-bond acceptors (Lipinski definition) is 3. The summed E-state index contributed by atoms with van der Waals surface area (Å²) in [6.07, 6.45) is 2.89. The third-order valence-electron chi connectivity index (χ3n) is 4.87. The van der Waals surface area contributed by atoms with Crippen molar-refractivity contribution in [3.8, 4) is 0 Å². The number of ether oxygens (including phenoxy) is 1. The molecule has 1 aromatic carbocycles. The van der Waals surface area contributed by atoms with Crippen molar-refractivity contribution in [2.45, 2.75) is 18.2 Å². The van der Waals surface area contributed by atoms with Gasteiger partial charge < -0.3 is 14.7 Å². The second-order valence-electron chi connectivity index (χ2n) is 6.13. The Kier molecular flexibility index (Phi) is 3.05. The predicted molar refractivity (Wildman–Crippen MR) is 78.2 cm³/mol. The number of amides is 1. The van der Waals surface area contributed by atoms with Gasteiger partial charge in [-0.15, -0.1) is 0 Å². The van der Waals surface area contributed by atoms with Crippen LogP contribution in [-0.4, -0.2) is 40.1 Å². The van der Waals surface area contributed by atoms with Crippen molar-refractivity contribution >= 4 is 23.5 Å². The smallest absolute Gasteiger partial charge is 0.310 e. The molecule has 3 aliphatic heterocycles. The standard InChI is InChI=1S/C16H13ClFNO4/c17-9-2-1-3-10(18)8(9)6-19-7-16-5-4-11(23-16)12(15(21)22)13(16)14(19)20/h1-5,11-13H,6-7H2,(H,21,22)/t11-,12-,13+,16+/m1/s1. The molecule has 1 N–H and O–H groups in total. The second-order valence-corrected chi connectivity index (χ2v) is 6.54. The summed E-state index contributed by atoms with van der Waals surface area (Å²) >= 11 is 6.01. The number of benzene rings is 1. The first-order chi connectivity index (χ1) is 10.9. The third-order valence-corrected chi connectivity index (χ3v) is 5.23. The molecule has 23 heavy (non-hydrogen) atoms. The Morgan fingerprint density at radius 2 is 2.30 bits per heavy atom. The summed E-state index contributed by atoms with van der Waals surface area (Å²) in [5.74, 6) is -3.53. The lowest BCUT2D eigenvalue weighted by atomic mass is 9.77. The molecule has 2 saturated heterocycles. The van der Waals surface area contributed by atoms with Crippen LogP contribution in [0.2, 0.25) is 5.02 Å². The van der Waals surface area contributed by atoms with Crippen LogP contribution >= 0.6 is 11.6 Å². The summed E-state index contributed by atoms with van der Waals surface area (Å²) in [5.41, 5.74) is -0.688. The van der Waals surface area contributed by atoms with Crippen LogP contribution in [0.1, 0.15) is 5.56 Å². The maximum atomic E-state index is 13.9. The molecule has 3 aliphatic rings. The fourth-order valence-corrected chi connectivity index (χ4v) is 4.09. The van der Waals surface area contributed by atoms with E-state index in [0.29, 0.717) is 0 Å². The van der Waals surface area contributed by atoms with Gasteiger partial charge in [-0.3, -0.25) is 9.59 Å². The van der Waals surface area contributed by atoms with Crippen molar-refractivity contribution in [3.05, 3.63) is 46.8 Å². The maximum Gasteiger partial charge on any atom is 0.310 e. The summed E-state index contributed by atoms with van der Waals surface area (Å²) in [4.78, 5) is 25.6. The number of hydrogen-bond donors (Lipinski definition) is 1. The molecule has 0 unspecified atom stereocenters. The van der Waals surface area contributed by atoms with E-state index in [1.165, 1.54) is 17.0 Å². The predicted octanol–water partition coefficient (Wildman–Crippen LogP) is 1.85. The molecule has 0 aliphatic carbocycles. The van der Waals surface area contributed by atoms with Crippen molar-refractivity contribution in [2.24, 2.45) is 11.8 Å². The van der Waals surface area contributed by atoms with Crippen molar-refractivity contribution in [1.82, 2.24) is 4.90 Å². The van der Waals surface area contributed by atoms with Gasteiger partial charge in [0.15, 0.2) is 0 Å². The zero-order chi connectivity index (χ0) is 16.4. The van der Waals surface area contributed by atoms with Gasteiger partial charge in [-0.25, -0.2) is 4.39 Å². The molecular formula is C16H13ClFNO4. The lowest BCUT2D eigenvalue weighted by Crippen LogP contribution is -2.39. The molecule has 2 bridgehead atoms. The zero-order valence-corrected chi connectivity index (χ0v) is 12.7. The SMILES string of the molecule is O=C(O)[C@H]1[C@H]2C(=O)N(Cc3c(F)cccc3Cl)C[C@@]23C=C[C@H]1O3. The molecule has 1 spiro atoms. The van der Waals surface area contributed by atoms with E-state index >= 15 is 0 Å². The summed E-state index contributed by atoms with van der Waals surface area (Å²) in [7, 11) is 0. The van der Waals surface area contributed by atoms with Crippen molar-refractivity contribution in [3.63, 3.8) is 0 Å². The number of carboxylic acids is 1. The summed E-state index contributed by atoms with van der Waals surface area (Å²) in [6, 6.07) is 4.33. The molecular weight excluding hydrogens is 325 g/mol. The fraction of sp³-hybridized carbons (Fsp3) is 0.375. The fourth-order valence-electron chi connectivity index (χ4n) is 3.87. The molecule has 2 fully saturated rings. The quantitative estimate of drug-likeness (QED) is 0.855. The van der Waals surface area contributed by atoms with Gasteiger partial charge in [0.25, 0.3) is 0 Å². The van der Waals surface area contributed by atoms with Gasteiger partial charge >= 0.3 is 5.97 Å². The normalized spacial score (nSPS) is 34.3. The third kappa shape index (κ3) is 1.95. The Morgan fingerprint density at radius 1 is 1.52 bits per heavy atom. The van der Waals surface area contributed by atoms with Gasteiger partial charge in [0.2, 0.25) is 5.91 Å². The number of fused-ring (bicyclic) bond motifs is 1. The highest BCUT2D eigenvalue weighted by Crippen LogP contribution is 2.52. The number of rotatable bonds is 3. The van der Waals surface area contributed by atoms with E-state index in [9.17, 15) is 19.1 Å². The van der Waals surface area contributed by atoms with Crippen LogP contribution < -0.4 is 0 Å². The highest BCUT2D eigenvalue weighted by molar-refractivity contribution is 6.31. The highest BCUT2D eigenvalue weighted by atomic mass is 35.5. The van der Waals surface area contributed by atoms with Gasteiger partial charge in [0.1, 0.15) is 17.3 Å². The van der Waals surface area contributed by atoms with E-state index in [-0.39, 0.29) is 29.6 Å². The summed E-state index contributed by atoms with van der Waals surface area (Å²) in [6.45, 7) is 0.203. The highest BCUT2D eigenvalue weighted by Gasteiger charge is 2.67. The molecule has 7 heteroatoms. The number of nitrogens with zero attached hydrogens (tertiary/aromatic N) is 1. The van der Waals surface area contributed by atoms with Crippen LogP contribution in [0.5, 0.6) is 0 Å². The average molecular weight is 338 g/mol. The van der Waals surface area contributed by atoms with E-state index in [1.54, 1.807) is 18.2 Å². The van der Waals surface area contributed by atoms with E-state index in [0.717, 1.165) is 0 Å². The molecule has 3 heterocycles. The number of carbonyl (C=O) groups is 2. The van der Waals surface area contributed by atoms with Crippen LogP contribution in [0.3, 0.4) is 0 Å². The van der Waals surface area contributed by atoms with Crippen LogP contribution in [0, 0.1) is 17.7 Å². The van der Waals surface area contributed by atoms with Crippen LogP contribution in [0.4, 0.5) is 4.39 Å². The molecule has 5 nitrogen and oxygen atoms in total. The summed E-state index contributed by atoms with van der Waals surface area (Å²) in [5, 5.41) is 9.63. The first-order valence-corrected chi connectivity index (χ1v) is 7.62. The molecule has 0 radical (unpaired) electrons. The Morgan fingerprint density at radius 3 is 3.00 bits per heavy atom. The molecule has 1 amide bonds. The van der Waals surface area contributed by atoms with Crippen molar-refractivity contribution in [1.29, 1.82) is 0 Å². The topological polar surface area (TPSA) is 66.8 Å². The minimum absolute atomic E-state index is 0.00318. The average Bonchev–Trinajstić information content (AvgIpc) is 3.12. The lowest BCUT2D eigenvalue weighted by molar-refractivity contribution is -0.148. The number of halogens is 2. The monoisotopic (exact) mass is 337 g/mol. The molecule has 4 rings (SSSR count). The molecule has 0 saturated carbocycles. The number of likely N-dealkylation sites (tertiary alicyclic amines) is 1. The van der Waals surface area contributed by atoms with E-state index in [2.05, 4.69) is 0 Å². The molecule has 1 aromatic rings. The van der Waals surface area contributed by atoms with Gasteiger partial charge in [-0.05, 0) is 12.1 Å².